The van der Waals surface area contributed by atoms with E-state index in [1.54, 1.807) is 23.6 Å². The van der Waals surface area contributed by atoms with Crippen molar-refractivity contribution >= 4 is 61.9 Å². The number of esters is 1. The molecule has 3 unspecified atom stereocenters. The van der Waals surface area contributed by atoms with Gasteiger partial charge in [0.2, 0.25) is 11.8 Å². The van der Waals surface area contributed by atoms with E-state index in [9.17, 15) is 19.5 Å². The summed E-state index contributed by atoms with van der Waals surface area (Å²) in [6, 6.07) is 12.3. The van der Waals surface area contributed by atoms with Crippen LogP contribution in [0.3, 0.4) is 0 Å². The van der Waals surface area contributed by atoms with E-state index in [-0.39, 0.29) is 47.0 Å². The maximum Gasteiger partial charge on any atom is 0.310 e. The first-order valence-electron chi connectivity index (χ1n) is 12.9. The molecule has 3 fully saturated rings. The molecule has 0 saturated carbocycles. The number of carbonyl (C=O) groups is 3. The van der Waals surface area contributed by atoms with Crippen LogP contribution in [0.5, 0.6) is 0 Å². The molecule has 2 bridgehead atoms. The van der Waals surface area contributed by atoms with Gasteiger partial charge in [0.25, 0.3) is 0 Å². The predicted molar refractivity (Wildman–Crippen MR) is 149 cm³/mol. The lowest BCUT2D eigenvalue weighted by molar-refractivity contribution is -0.154. The summed E-state index contributed by atoms with van der Waals surface area (Å²) in [5.74, 6) is -1.99. The minimum Gasteiger partial charge on any atom is -0.466 e. The van der Waals surface area contributed by atoms with E-state index in [0.29, 0.717) is 18.5 Å². The molecule has 2 aromatic rings. The molecule has 2 N–H and O–H groups in total. The molecule has 7 nitrogen and oxygen atoms in total. The van der Waals surface area contributed by atoms with Crippen LogP contribution in [-0.2, 0) is 19.1 Å². The topological polar surface area (TPSA) is 95.9 Å². The third kappa shape index (κ3) is 4.36. The van der Waals surface area contributed by atoms with Crippen LogP contribution in [0.25, 0.3) is 10.8 Å². The number of benzene rings is 2. The molecule has 198 valence electrons. The summed E-state index contributed by atoms with van der Waals surface area (Å²) in [7, 11) is 0. The van der Waals surface area contributed by atoms with E-state index in [1.807, 2.05) is 56.3 Å². The van der Waals surface area contributed by atoms with Crippen LogP contribution in [0, 0.1) is 17.8 Å². The molecule has 0 aromatic heterocycles. The molecule has 2 aromatic carbocycles. The van der Waals surface area contributed by atoms with Crippen molar-refractivity contribution in [2.24, 2.45) is 17.8 Å². The second-order valence-corrected chi connectivity index (χ2v) is 13.4. The number of alkyl halides is 1. The highest BCUT2D eigenvalue weighted by molar-refractivity contribution is 9.09. The Morgan fingerprint density at radius 3 is 2.65 bits per heavy atom. The Bertz CT molecular complexity index is 1220. The number of rotatable bonds is 8. The number of hydrogen-bond acceptors (Lipinski definition) is 6. The fourth-order valence-electron chi connectivity index (χ4n) is 6.57. The van der Waals surface area contributed by atoms with Gasteiger partial charge in [0.1, 0.15) is 6.04 Å². The van der Waals surface area contributed by atoms with Crippen molar-refractivity contribution in [3.05, 3.63) is 42.5 Å². The van der Waals surface area contributed by atoms with Gasteiger partial charge in [-0.2, -0.15) is 0 Å². The van der Waals surface area contributed by atoms with Gasteiger partial charge in [0.15, 0.2) is 0 Å². The summed E-state index contributed by atoms with van der Waals surface area (Å²) in [6.07, 6.45) is 1.14. The fourth-order valence-corrected chi connectivity index (χ4v) is 10.2. The van der Waals surface area contributed by atoms with E-state index < -0.39 is 28.7 Å². The number of likely N-dealkylation sites (tertiary alicyclic amines) is 1. The molecular formula is C28H33BrN2O5S. The average molecular weight is 590 g/mol. The summed E-state index contributed by atoms with van der Waals surface area (Å²) >= 11 is 5.32. The number of amides is 2. The number of ether oxygens (including phenoxy) is 1. The molecule has 0 radical (unpaired) electrons. The van der Waals surface area contributed by atoms with Crippen LogP contribution in [0.1, 0.15) is 33.6 Å². The normalized spacial score (nSPS) is 31.1. The lowest BCUT2D eigenvalue weighted by atomic mass is 9.71. The first-order valence-corrected chi connectivity index (χ1v) is 14.7. The molecule has 7 atom stereocenters. The molecule has 5 rings (SSSR count). The Hall–Kier alpha value is -2.10. The number of hydrogen-bond donors (Lipinski definition) is 2. The molecule has 3 aliphatic heterocycles. The van der Waals surface area contributed by atoms with Crippen LogP contribution in [0.15, 0.2) is 42.5 Å². The summed E-state index contributed by atoms with van der Waals surface area (Å²) in [6.45, 7) is 5.80. The summed E-state index contributed by atoms with van der Waals surface area (Å²) < 4.78 is 4.63. The Kier molecular flexibility index (Phi) is 7.33. The zero-order chi connectivity index (χ0) is 26.5. The van der Waals surface area contributed by atoms with Gasteiger partial charge in [-0.15, -0.1) is 11.8 Å². The number of carbonyl (C=O) groups excluding carboxylic acids is 3. The largest absolute Gasteiger partial charge is 0.466 e. The van der Waals surface area contributed by atoms with E-state index in [4.69, 9.17) is 4.74 Å². The summed E-state index contributed by atoms with van der Waals surface area (Å²) in [5, 5.41) is 15.4. The lowest BCUT2D eigenvalue weighted by Crippen LogP contribution is -2.55. The van der Waals surface area contributed by atoms with Gasteiger partial charge in [0.05, 0.1) is 35.8 Å². The smallest absolute Gasteiger partial charge is 0.310 e. The quantitative estimate of drug-likeness (QED) is 0.354. The van der Waals surface area contributed by atoms with Crippen molar-refractivity contribution in [2.45, 2.75) is 60.5 Å². The van der Waals surface area contributed by atoms with Crippen molar-refractivity contribution < 1.29 is 24.2 Å². The van der Waals surface area contributed by atoms with Crippen molar-refractivity contribution in [3.8, 4) is 0 Å². The molecule has 9 heteroatoms. The maximum atomic E-state index is 14.1. The second kappa shape index (κ2) is 10.2. The molecule has 3 aliphatic rings. The number of fused-ring (bicyclic) bond motifs is 2. The minimum atomic E-state index is -0.818. The highest BCUT2D eigenvalue weighted by Crippen LogP contribution is 2.68. The van der Waals surface area contributed by atoms with E-state index in [2.05, 4.69) is 21.2 Å². The molecule has 2 amide bonds. The lowest BCUT2D eigenvalue weighted by Gasteiger charge is -2.37. The minimum absolute atomic E-state index is 0.0236. The van der Waals surface area contributed by atoms with Gasteiger partial charge >= 0.3 is 5.97 Å². The maximum absolute atomic E-state index is 14.1. The van der Waals surface area contributed by atoms with Crippen molar-refractivity contribution in [1.82, 2.24) is 4.90 Å². The van der Waals surface area contributed by atoms with Crippen LogP contribution >= 0.6 is 27.7 Å². The van der Waals surface area contributed by atoms with Crippen LogP contribution in [0.4, 0.5) is 5.69 Å². The molecular weight excluding hydrogens is 556 g/mol. The van der Waals surface area contributed by atoms with Gasteiger partial charge in [-0.05, 0) is 48.6 Å². The number of anilines is 1. The van der Waals surface area contributed by atoms with Crippen molar-refractivity contribution in [1.29, 1.82) is 0 Å². The predicted octanol–water partition coefficient (Wildman–Crippen LogP) is 4.21. The van der Waals surface area contributed by atoms with Crippen LogP contribution < -0.4 is 5.32 Å². The Balaban J connectivity index is 1.55. The number of aliphatic hydroxyl groups is 1. The standard InChI is InChI=1S/C28H33BrN2O5S/c1-4-36-27(35)21-22-26(34)31(19(14-32)11-15(2)3)24(28(22)13-20(29)23(21)37-28)25(33)30-18-10-9-16-7-5-6-8-17(16)12-18/h5-10,12,15,19-24,32H,4,11,13-14H2,1-3H3,(H,30,33)/t19-,20?,21+,22+,23+,24?,28?/m1/s1. The van der Waals surface area contributed by atoms with Gasteiger partial charge in [-0.25, -0.2) is 0 Å². The summed E-state index contributed by atoms with van der Waals surface area (Å²) in [4.78, 5) is 42.9. The van der Waals surface area contributed by atoms with E-state index >= 15 is 0 Å². The SMILES string of the molecule is CCOC(=O)[C@H]1[C@H]2C(=O)N([C@@H](CO)CC(C)C)C(C(=O)Nc3ccc4ccccc4c3)C23CC(Br)[C@@H]1S3. The Labute approximate surface area is 229 Å². The highest BCUT2D eigenvalue weighted by atomic mass is 79.9. The van der Waals surface area contributed by atoms with Crippen LogP contribution in [0.2, 0.25) is 0 Å². The van der Waals surface area contributed by atoms with Crippen LogP contribution in [-0.4, -0.2) is 67.9 Å². The zero-order valence-electron chi connectivity index (χ0n) is 21.2. The molecule has 3 saturated heterocycles. The fraction of sp³-hybridized carbons (Fsp3) is 0.536. The van der Waals surface area contributed by atoms with E-state index in [0.717, 1.165) is 10.8 Å². The third-order valence-electron chi connectivity index (χ3n) is 7.90. The van der Waals surface area contributed by atoms with Gasteiger partial charge in [-0.3, -0.25) is 14.4 Å². The Morgan fingerprint density at radius 2 is 1.97 bits per heavy atom. The molecule has 3 heterocycles. The highest BCUT2D eigenvalue weighted by Gasteiger charge is 2.76. The second-order valence-electron chi connectivity index (χ2n) is 10.7. The summed E-state index contributed by atoms with van der Waals surface area (Å²) in [5.41, 5.74) is 0.648. The molecule has 1 spiro atoms. The molecule has 37 heavy (non-hydrogen) atoms. The first-order chi connectivity index (χ1) is 17.7. The number of aliphatic hydroxyl groups excluding tert-OH is 1. The van der Waals surface area contributed by atoms with Crippen molar-refractivity contribution in [3.63, 3.8) is 0 Å². The molecule has 0 aliphatic carbocycles. The number of nitrogens with zero attached hydrogens (tertiary/aromatic N) is 1. The van der Waals surface area contributed by atoms with E-state index in [1.165, 1.54) is 0 Å². The first kappa shape index (κ1) is 26.5. The third-order valence-corrected chi connectivity index (χ3v) is 11.1. The van der Waals surface area contributed by atoms with Gasteiger partial charge < -0.3 is 20.1 Å². The number of nitrogens with one attached hydrogen (secondary N) is 1. The zero-order valence-corrected chi connectivity index (χ0v) is 23.6. The number of halogens is 1. The Morgan fingerprint density at radius 1 is 1.24 bits per heavy atom. The van der Waals surface area contributed by atoms with Crippen molar-refractivity contribution in [2.75, 3.05) is 18.5 Å². The van der Waals surface area contributed by atoms with Gasteiger partial charge in [0, 0.05) is 15.8 Å². The van der Waals surface area contributed by atoms with Gasteiger partial charge in [-0.1, -0.05) is 60.1 Å². The number of thioether (sulfide) groups is 1. The monoisotopic (exact) mass is 588 g/mol. The average Bonchev–Trinajstić information content (AvgIpc) is 3.45.